The van der Waals surface area contributed by atoms with E-state index < -0.39 is 0 Å². The van der Waals surface area contributed by atoms with Crippen LogP contribution in [0.2, 0.25) is 5.02 Å². The monoisotopic (exact) mass is 291 g/mol. The van der Waals surface area contributed by atoms with Crippen molar-refractivity contribution < 1.29 is 9.47 Å². The van der Waals surface area contributed by atoms with E-state index in [2.05, 4.69) is 0 Å². The predicted octanol–water partition coefficient (Wildman–Crippen LogP) is 4.08. The van der Waals surface area contributed by atoms with Gasteiger partial charge in [-0.15, -0.1) is 0 Å². The molecule has 0 aliphatic heterocycles. The molecule has 2 rings (SSSR count). The number of benzene rings is 2. The standard InChI is InChI=1S/C16H18ClNO2/c1-12-11-13(7-8-14(12)17)19-9-4-10-20-16-6-3-2-5-15(16)18/h2-3,5-8,11H,4,9-10,18H2,1H3. The van der Waals surface area contributed by atoms with E-state index in [1.54, 1.807) is 0 Å². The molecule has 0 atom stereocenters. The average molecular weight is 292 g/mol. The first-order valence-electron chi connectivity index (χ1n) is 6.53. The Morgan fingerprint density at radius 2 is 1.80 bits per heavy atom. The zero-order valence-corrected chi connectivity index (χ0v) is 12.2. The number of rotatable bonds is 6. The van der Waals surface area contributed by atoms with Crippen LogP contribution >= 0.6 is 11.6 Å². The molecule has 0 unspecified atom stereocenters. The van der Waals surface area contributed by atoms with Crippen molar-refractivity contribution in [2.75, 3.05) is 18.9 Å². The molecule has 2 N–H and O–H groups in total. The number of para-hydroxylation sites is 2. The van der Waals surface area contributed by atoms with E-state index in [4.69, 9.17) is 26.8 Å². The summed E-state index contributed by atoms with van der Waals surface area (Å²) >= 11 is 5.96. The van der Waals surface area contributed by atoms with Gasteiger partial charge in [0.1, 0.15) is 11.5 Å². The van der Waals surface area contributed by atoms with Gasteiger partial charge >= 0.3 is 0 Å². The number of halogens is 1. The van der Waals surface area contributed by atoms with Crippen molar-refractivity contribution >= 4 is 17.3 Å². The van der Waals surface area contributed by atoms with Gasteiger partial charge in [0.05, 0.1) is 18.9 Å². The largest absolute Gasteiger partial charge is 0.493 e. The highest BCUT2D eigenvalue weighted by atomic mass is 35.5. The zero-order valence-electron chi connectivity index (χ0n) is 11.4. The molecule has 0 spiro atoms. The Morgan fingerprint density at radius 3 is 2.55 bits per heavy atom. The van der Waals surface area contributed by atoms with Crippen LogP contribution in [-0.4, -0.2) is 13.2 Å². The minimum atomic E-state index is 0.570. The van der Waals surface area contributed by atoms with Gasteiger partial charge in [-0.25, -0.2) is 0 Å². The molecule has 0 heterocycles. The summed E-state index contributed by atoms with van der Waals surface area (Å²) < 4.78 is 11.2. The van der Waals surface area contributed by atoms with Gasteiger partial charge in [0, 0.05) is 11.4 Å². The molecule has 0 saturated heterocycles. The molecule has 3 nitrogen and oxygen atoms in total. The Hall–Kier alpha value is -1.87. The molecular formula is C16H18ClNO2. The van der Waals surface area contributed by atoms with Gasteiger partial charge in [-0.2, -0.15) is 0 Å². The van der Waals surface area contributed by atoms with Crippen LogP contribution in [0.1, 0.15) is 12.0 Å². The molecular weight excluding hydrogens is 274 g/mol. The number of aryl methyl sites for hydroxylation is 1. The number of hydrogen-bond donors (Lipinski definition) is 1. The van der Waals surface area contributed by atoms with Crippen molar-refractivity contribution in [3.8, 4) is 11.5 Å². The van der Waals surface area contributed by atoms with Gasteiger partial charge in [-0.05, 0) is 42.8 Å². The maximum absolute atomic E-state index is 5.96. The lowest BCUT2D eigenvalue weighted by Crippen LogP contribution is -2.06. The fourth-order valence-electron chi connectivity index (χ4n) is 1.75. The lowest BCUT2D eigenvalue weighted by molar-refractivity contribution is 0.248. The summed E-state index contributed by atoms with van der Waals surface area (Å²) in [5, 5.41) is 0.750. The minimum absolute atomic E-state index is 0.570. The van der Waals surface area contributed by atoms with Crippen LogP contribution in [0.4, 0.5) is 5.69 Å². The number of nitrogen functional groups attached to an aromatic ring is 1. The summed E-state index contributed by atoms with van der Waals surface area (Å²) in [6, 6.07) is 13.1. The average Bonchev–Trinajstić information content (AvgIpc) is 2.44. The van der Waals surface area contributed by atoms with Crippen LogP contribution in [-0.2, 0) is 0 Å². The molecule has 0 fully saturated rings. The predicted molar refractivity (Wildman–Crippen MR) is 82.7 cm³/mol. The highest BCUT2D eigenvalue weighted by molar-refractivity contribution is 6.31. The van der Waals surface area contributed by atoms with Crippen molar-refractivity contribution in [1.82, 2.24) is 0 Å². The second-order valence-electron chi connectivity index (χ2n) is 4.50. The number of nitrogens with two attached hydrogens (primary N) is 1. The Bertz CT molecular complexity index is 572. The first-order chi connectivity index (χ1) is 9.66. The Morgan fingerprint density at radius 1 is 1.05 bits per heavy atom. The summed E-state index contributed by atoms with van der Waals surface area (Å²) in [7, 11) is 0. The van der Waals surface area contributed by atoms with Gasteiger partial charge in [-0.1, -0.05) is 23.7 Å². The van der Waals surface area contributed by atoms with Crippen molar-refractivity contribution in [3.63, 3.8) is 0 Å². The third kappa shape index (κ3) is 4.07. The smallest absolute Gasteiger partial charge is 0.142 e. The van der Waals surface area contributed by atoms with Gasteiger partial charge < -0.3 is 15.2 Å². The second kappa shape index (κ2) is 7.06. The SMILES string of the molecule is Cc1cc(OCCCOc2ccccc2N)ccc1Cl. The molecule has 0 saturated carbocycles. The van der Waals surface area contributed by atoms with Gasteiger partial charge in [0.15, 0.2) is 0 Å². The second-order valence-corrected chi connectivity index (χ2v) is 4.91. The van der Waals surface area contributed by atoms with Gasteiger partial charge in [0.25, 0.3) is 0 Å². The molecule has 2 aromatic rings. The third-order valence-corrected chi connectivity index (χ3v) is 3.29. The number of hydrogen-bond acceptors (Lipinski definition) is 3. The van der Waals surface area contributed by atoms with Crippen LogP contribution in [0.3, 0.4) is 0 Å². The first kappa shape index (κ1) is 14.5. The Balaban J connectivity index is 1.71. The fraction of sp³-hybridized carbons (Fsp3) is 0.250. The highest BCUT2D eigenvalue weighted by Gasteiger charge is 2.00. The van der Waals surface area contributed by atoms with Crippen molar-refractivity contribution in [2.24, 2.45) is 0 Å². The molecule has 4 heteroatoms. The molecule has 0 aromatic heterocycles. The Labute approximate surface area is 124 Å². The van der Waals surface area contributed by atoms with Crippen LogP contribution < -0.4 is 15.2 Å². The molecule has 0 radical (unpaired) electrons. The molecule has 106 valence electrons. The molecule has 0 aliphatic rings. The van der Waals surface area contributed by atoms with Gasteiger partial charge in [0.2, 0.25) is 0 Å². The summed E-state index contributed by atoms with van der Waals surface area (Å²) in [6.07, 6.45) is 0.788. The van der Waals surface area contributed by atoms with Crippen molar-refractivity contribution in [3.05, 3.63) is 53.1 Å². The quantitative estimate of drug-likeness (QED) is 0.644. The maximum atomic E-state index is 5.96. The van der Waals surface area contributed by atoms with E-state index in [0.717, 1.165) is 28.5 Å². The van der Waals surface area contributed by atoms with E-state index in [1.165, 1.54) is 0 Å². The van der Waals surface area contributed by atoms with Crippen molar-refractivity contribution in [2.45, 2.75) is 13.3 Å². The summed E-state index contributed by atoms with van der Waals surface area (Å²) in [5.41, 5.74) is 7.45. The summed E-state index contributed by atoms with van der Waals surface area (Å²) in [4.78, 5) is 0. The summed E-state index contributed by atoms with van der Waals surface area (Å²) in [5.74, 6) is 1.54. The molecule has 0 aliphatic carbocycles. The number of ether oxygens (including phenoxy) is 2. The van der Waals surface area contributed by atoms with E-state index in [-0.39, 0.29) is 0 Å². The molecule has 20 heavy (non-hydrogen) atoms. The normalized spacial score (nSPS) is 10.3. The Kier molecular flexibility index (Phi) is 5.13. The minimum Gasteiger partial charge on any atom is -0.493 e. The third-order valence-electron chi connectivity index (χ3n) is 2.86. The van der Waals surface area contributed by atoms with E-state index in [0.29, 0.717) is 18.9 Å². The van der Waals surface area contributed by atoms with E-state index >= 15 is 0 Å². The lowest BCUT2D eigenvalue weighted by Gasteiger charge is -2.10. The van der Waals surface area contributed by atoms with Crippen LogP contribution in [0.15, 0.2) is 42.5 Å². The maximum Gasteiger partial charge on any atom is 0.142 e. The van der Waals surface area contributed by atoms with Crippen LogP contribution in [0, 0.1) is 6.92 Å². The van der Waals surface area contributed by atoms with Crippen LogP contribution in [0.5, 0.6) is 11.5 Å². The highest BCUT2D eigenvalue weighted by Crippen LogP contribution is 2.21. The summed E-state index contributed by atoms with van der Waals surface area (Å²) in [6.45, 7) is 3.12. The fourth-order valence-corrected chi connectivity index (χ4v) is 1.87. The first-order valence-corrected chi connectivity index (χ1v) is 6.91. The zero-order chi connectivity index (χ0) is 14.4. The van der Waals surface area contributed by atoms with Crippen molar-refractivity contribution in [1.29, 1.82) is 0 Å². The van der Waals surface area contributed by atoms with E-state index in [9.17, 15) is 0 Å². The molecule has 0 bridgehead atoms. The number of anilines is 1. The molecule has 0 amide bonds. The lowest BCUT2D eigenvalue weighted by atomic mass is 10.2. The topological polar surface area (TPSA) is 44.5 Å². The molecule has 2 aromatic carbocycles. The van der Waals surface area contributed by atoms with Crippen LogP contribution in [0.25, 0.3) is 0 Å². The van der Waals surface area contributed by atoms with Gasteiger partial charge in [-0.3, -0.25) is 0 Å². The van der Waals surface area contributed by atoms with E-state index in [1.807, 2.05) is 49.4 Å².